The fourth-order valence-corrected chi connectivity index (χ4v) is 4.70. The van der Waals surface area contributed by atoms with Crippen molar-refractivity contribution in [1.29, 1.82) is 0 Å². The van der Waals surface area contributed by atoms with Crippen LogP contribution in [0.3, 0.4) is 0 Å². The average molecular weight is 524 g/mol. The van der Waals surface area contributed by atoms with Gasteiger partial charge in [-0.25, -0.2) is 0 Å². The molecule has 1 fully saturated rings. The molecule has 0 unspecified atom stereocenters. The highest BCUT2D eigenvalue weighted by atomic mass is 35.5. The lowest BCUT2D eigenvalue weighted by Gasteiger charge is -2.40. The Morgan fingerprint density at radius 1 is 1.15 bits per heavy atom. The zero-order chi connectivity index (χ0) is 24.7. The minimum atomic E-state index is -0.712. The number of aromatic nitrogens is 1. The van der Waals surface area contributed by atoms with Gasteiger partial charge in [0.25, 0.3) is 5.91 Å². The van der Waals surface area contributed by atoms with Crippen LogP contribution in [0.25, 0.3) is 10.8 Å². The molecule has 182 valence electrons. The maximum atomic E-state index is 13.2. The molecule has 34 heavy (non-hydrogen) atoms. The molecule has 1 aliphatic heterocycles. The van der Waals surface area contributed by atoms with Gasteiger partial charge in [-0.05, 0) is 35.7 Å². The molecule has 1 aliphatic rings. The van der Waals surface area contributed by atoms with Gasteiger partial charge in [-0.2, -0.15) is 0 Å². The van der Waals surface area contributed by atoms with E-state index in [1.807, 2.05) is 38.1 Å². The summed E-state index contributed by atoms with van der Waals surface area (Å²) in [5, 5.41) is 3.14. The number of piperazine rings is 1. The molecule has 0 aliphatic carbocycles. The summed E-state index contributed by atoms with van der Waals surface area (Å²) >= 11 is 13.2. The Kier molecular flexibility index (Phi) is 9.53. The van der Waals surface area contributed by atoms with Gasteiger partial charge in [0.05, 0.1) is 23.2 Å². The molecule has 7 nitrogen and oxygen atoms in total. The smallest absolute Gasteiger partial charge is 0.261 e. The van der Waals surface area contributed by atoms with Gasteiger partial charge in [0, 0.05) is 36.8 Å². The van der Waals surface area contributed by atoms with Gasteiger partial charge < -0.3 is 19.3 Å². The minimum Gasteiger partial charge on any atom is -0.474 e. The van der Waals surface area contributed by atoms with Crippen LogP contribution >= 0.6 is 34.5 Å². The molecule has 0 N–H and O–H groups in total. The number of rotatable bonds is 7. The van der Waals surface area contributed by atoms with Gasteiger partial charge in [0.15, 0.2) is 11.7 Å². The molecule has 0 saturated carbocycles. The summed E-state index contributed by atoms with van der Waals surface area (Å²) in [6, 6.07) is 10.2. The first-order valence-corrected chi connectivity index (χ1v) is 12.5. The second-order valence-corrected chi connectivity index (χ2v) is 9.45. The molecule has 0 spiro atoms. The third kappa shape index (κ3) is 6.39. The van der Waals surface area contributed by atoms with Gasteiger partial charge in [-0.1, -0.05) is 54.5 Å². The quantitative estimate of drug-likeness (QED) is 0.440. The van der Waals surface area contributed by atoms with E-state index in [0.717, 1.165) is 16.5 Å². The summed E-state index contributed by atoms with van der Waals surface area (Å²) in [6.07, 6.45) is 1.75. The van der Waals surface area contributed by atoms with E-state index in [1.54, 1.807) is 23.2 Å². The zero-order valence-electron chi connectivity index (χ0n) is 19.3. The highest BCUT2D eigenvalue weighted by Crippen LogP contribution is 2.28. The van der Waals surface area contributed by atoms with Crippen LogP contribution in [0.4, 0.5) is 0 Å². The van der Waals surface area contributed by atoms with E-state index in [4.69, 9.17) is 32.7 Å². The molecule has 0 bridgehead atoms. The Morgan fingerprint density at radius 3 is 2.65 bits per heavy atom. The summed E-state index contributed by atoms with van der Waals surface area (Å²) < 4.78 is 11.4. The van der Waals surface area contributed by atoms with E-state index in [9.17, 15) is 9.59 Å². The van der Waals surface area contributed by atoms with Crippen molar-refractivity contribution in [1.82, 2.24) is 14.8 Å². The summed E-state index contributed by atoms with van der Waals surface area (Å²) in [5.41, 5.74) is 0.766. The lowest BCUT2D eigenvalue weighted by atomic mass is 10.1. The fraction of sp³-hybridized carbons (Fsp3) is 0.375. The second kappa shape index (κ2) is 12.4. The van der Waals surface area contributed by atoms with Crippen LogP contribution in [-0.2, 0) is 20.9 Å². The molecule has 2 aromatic heterocycles. The van der Waals surface area contributed by atoms with Crippen molar-refractivity contribution < 1.29 is 19.1 Å². The number of hydrogen-bond acceptors (Lipinski definition) is 6. The molecular formula is C24H27Cl2N3O4S. The Bertz CT molecular complexity index is 1140. The average Bonchev–Trinajstić information content (AvgIpc) is 3.26. The lowest BCUT2D eigenvalue weighted by Crippen LogP contribution is -2.60. The summed E-state index contributed by atoms with van der Waals surface area (Å²) in [4.78, 5) is 33.6. The van der Waals surface area contributed by atoms with Crippen molar-refractivity contribution in [3.05, 3.63) is 57.6 Å². The highest BCUT2D eigenvalue weighted by Gasteiger charge is 2.37. The predicted molar refractivity (Wildman–Crippen MR) is 136 cm³/mol. The Morgan fingerprint density at radius 2 is 1.94 bits per heavy atom. The second-order valence-electron chi connectivity index (χ2n) is 7.33. The molecule has 1 saturated heterocycles. The van der Waals surface area contributed by atoms with E-state index >= 15 is 0 Å². The van der Waals surface area contributed by atoms with Gasteiger partial charge in [0.1, 0.15) is 6.04 Å². The maximum absolute atomic E-state index is 13.2. The van der Waals surface area contributed by atoms with Crippen LogP contribution in [0.2, 0.25) is 9.36 Å². The number of pyridine rings is 1. The topological polar surface area (TPSA) is 72.0 Å². The summed E-state index contributed by atoms with van der Waals surface area (Å²) in [6.45, 7) is 5.07. The SMILES string of the molecule is CC.COC[C@H]1C(=O)N(Cc2cc3ccc(Cl)cc3cn2)CCN1C(=O)COc1ccc(Cl)s1. The van der Waals surface area contributed by atoms with Crippen molar-refractivity contribution in [3.8, 4) is 5.06 Å². The molecule has 10 heteroatoms. The van der Waals surface area contributed by atoms with Gasteiger partial charge in [0.2, 0.25) is 5.91 Å². The molecule has 2 amide bonds. The van der Waals surface area contributed by atoms with Crippen LogP contribution in [0.1, 0.15) is 19.5 Å². The third-order valence-corrected chi connectivity index (χ3v) is 6.59. The van der Waals surface area contributed by atoms with Crippen LogP contribution < -0.4 is 4.74 Å². The molecule has 1 atom stereocenters. The predicted octanol–water partition coefficient (Wildman–Crippen LogP) is 4.89. The van der Waals surface area contributed by atoms with Crippen LogP contribution in [0, 0.1) is 0 Å². The number of hydrogen-bond donors (Lipinski definition) is 0. The number of thiophene rings is 1. The van der Waals surface area contributed by atoms with E-state index < -0.39 is 6.04 Å². The van der Waals surface area contributed by atoms with E-state index in [0.29, 0.717) is 34.1 Å². The number of carbonyl (C=O) groups excluding carboxylic acids is 2. The fourth-order valence-electron chi connectivity index (χ4n) is 3.64. The van der Waals surface area contributed by atoms with Crippen LogP contribution in [0.5, 0.6) is 5.06 Å². The minimum absolute atomic E-state index is 0.107. The number of nitrogens with zero attached hydrogens (tertiary/aromatic N) is 3. The lowest BCUT2D eigenvalue weighted by molar-refractivity contribution is -0.155. The molecule has 3 aromatic rings. The summed E-state index contributed by atoms with van der Waals surface area (Å²) in [7, 11) is 1.51. The zero-order valence-corrected chi connectivity index (χ0v) is 21.6. The van der Waals surface area contributed by atoms with E-state index in [2.05, 4.69) is 4.98 Å². The van der Waals surface area contributed by atoms with Crippen molar-refractivity contribution in [2.75, 3.05) is 33.4 Å². The largest absolute Gasteiger partial charge is 0.474 e. The molecular weight excluding hydrogens is 497 g/mol. The first-order chi connectivity index (χ1) is 16.4. The van der Waals surface area contributed by atoms with Gasteiger partial charge >= 0.3 is 0 Å². The number of halogens is 2. The molecule has 4 rings (SSSR count). The number of ether oxygens (including phenoxy) is 2. The maximum Gasteiger partial charge on any atom is 0.261 e. The van der Waals surface area contributed by atoms with Gasteiger partial charge in [-0.15, -0.1) is 0 Å². The van der Waals surface area contributed by atoms with Crippen molar-refractivity contribution in [2.24, 2.45) is 0 Å². The number of benzene rings is 1. The number of carbonyl (C=O) groups is 2. The molecule has 0 radical (unpaired) electrons. The monoisotopic (exact) mass is 523 g/mol. The first-order valence-electron chi connectivity index (χ1n) is 10.9. The van der Waals surface area contributed by atoms with Gasteiger partial charge in [-0.3, -0.25) is 14.6 Å². The highest BCUT2D eigenvalue weighted by molar-refractivity contribution is 7.17. The number of methoxy groups -OCH3 is 1. The normalized spacial score (nSPS) is 15.8. The Hall–Kier alpha value is -2.39. The third-order valence-electron chi connectivity index (χ3n) is 5.21. The van der Waals surface area contributed by atoms with E-state index in [-0.39, 0.29) is 25.0 Å². The Balaban J connectivity index is 0.00000158. The molecule has 3 heterocycles. The van der Waals surface area contributed by atoms with Crippen molar-refractivity contribution >= 4 is 57.1 Å². The number of amides is 2. The Labute approximate surface area is 213 Å². The first kappa shape index (κ1) is 26.2. The van der Waals surface area contributed by atoms with Crippen LogP contribution in [-0.4, -0.2) is 66.1 Å². The van der Waals surface area contributed by atoms with Crippen LogP contribution in [0.15, 0.2) is 42.6 Å². The van der Waals surface area contributed by atoms with E-state index in [1.165, 1.54) is 23.3 Å². The summed E-state index contributed by atoms with van der Waals surface area (Å²) in [5.74, 6) is -0.450. The standard InChI is InChI=1S/C22H21Cl2N3O4S.C2H6/c1-30-12-18-22(29)26(11-17-9-14-2-3-16(23)8-15(14)10-25-17)6-7-27(18)20(28)13-31-21-5-4-19(24)32-21;1-2/h2-5,8-10,18H,6-7,11-13H2,1H3;1-2H3/t18-;/m0./s1. The number of fused-ring (bicyclic) bond motifs is 1. The molecule has 1 aromatic carbocycles. The van der Waals surface area contributed by atoms with Crippen molar-refractivity contribution in [3.63, 3.8) is 0 Å². The van der Waals surface area contributed by atoms with Crippen molar-refractivity contribution in [2.45, 2.75) is 26.4 Å².